The Morgan fingerprint density at radius 2 is 1.90 bits per heavy atom. The second kappa shape index (κ2) is 6.14. The molecule has 1 aromatic carbocycles. The van der Waals surface area contributed by atoms with Crippen molar-refractivity contribution in [2.45, 2.75) is 20.3 Å². The van der Waals surface area contributed by atoms with Crippen LogP contribution in [-0.2, 0) is 6.42 Å². The Bertz CT molecular complexity index is 612. The van der Waals surface area contributed by atoms with Crippen LogP contribution in [0.4, 0.5) is 5.82 Å². The topological polar surface area (TPSA) is 75.1 Å². The Hall–Kier alpha value is -2.43. The molecule has 2 rings (SSSR count). The Kier molecular flexibility index (Phi) is 4.30. The largest absolute Gasteiger partial charge is 0.478 e. The van der Waals surface area contributed by atoms with E-state index in [9.17, 15) is 9.90 Å². The number of nitrogens with zero attached hydrogens (tertiary/aromatic N) is 2. The van der Waals surface area contributed by atoms with Crippen molar-refractivity contribution in [2.24, 2.45) is 0 Å². The van der Waals surface area contributed by atoms with Gasteiger partial charge in [0.2, 0.25) is 0 Å². The average molecular weight is 271 g/mol. The van der Waals surface area contributed by atoms with E-state index in [1.54, 1.807) is 13.8 Å². The van der Waals surface area contributed by atoms with E-state index in [0.29, 0.717) is 23.6 Å². The van der Waals surface area contributed by atoms with Crippen LogP contribution < -0.4 is 5.32 Å². The first-order valence-electron chi connectivity index (χ1n) is 6.44. The molecule has 0 radical (unpaired) electrons. The Balaban J connectivity index is 2.10. The smallest absolute Gasteiger partial charge is 0.339 e. The number of carbonyl (C=O) groups is 1. The summed E-state index contributed by atoms with van der Waals surface area (Å²) in [6, 6.07) is 9.99. The Labute approximate surface area is 117 Å². The standard InChI is InChI=1S/C15H17N3O2/c1-10-11(2)17-18-14(13(10)15(19)20)16-9-8-12-6-4-3-5-7-12/h3-7H,8-9H2,1-2H3,(H,16,18)(H,19,20). The number of aryl methyl sites for hydroxylation is 1. The Morgan fingerprint density at radius 1 is 1.20 bits per heavy atom. The van der Waals surface area contributed by atoms with Crippen molar-refractivity contribution in [1.82, 2.24) is 10.2 Å². The molecule has 2 aromatic rings. The molecule has 0 atom stereocenters. The van der Waals surface area contributed by atoms with Crippen molar-refractivity contribution in [3.63, 3.8) is 0 Å². The fourth-order valence-corrected chi connectivity index (χ4v) is 1.96. The summed E-state index contributed by atoms with van der Waals surface area (Å²) < 4.78 is 0. The van der Waals surface area contributed by atoms with Gasteiger partial charge in [-0.1, -0.05) is 30.3 Å². The maximum absolute atomic E-state index is 11.3. The molecule has 20 heavy (non-hydrogen) atoms. The summed E-state index contributed by atoms with van der Waals surface area (Å²) in [4.78, 5) is 11.3. The van der Waals surface area contributed by atoms with Crippen LogP contribution in [0.25, 0.3) is 0 Å². The number of carboxylic acids is 1. The number of hydrogen-bond acceptors (Lipinski definition) is 4. The molecule has 0 bridgehead atoms. The zero-order valence-electron chi connectivity index (χ0n) is 11.6. The van der Waals surface area contributed by atoms with Gasteiger partial charge in [0.05, 0.1) is 5.69 Å². The number of nitrogens with one attached hydrogen (secondary N) is 1. The molecular formula is C15H17N3O2. The first-order valence-corrected chi connectivity index (χ1v) is 6.44. The molecule has 0 fully saturated rings. The molecular weight excluding hydrogens is 254 g/mol. The lowest BCUT2D eigenvalue weighted by atomic mass is 10.1. The van der Waals surface area contributed by atoms with Gasteiger partial charge in [-0.2, -0.15) is 5.10 Å². The lowest BCUT2D eigenvalue weighted by molar-refractivity contribution is 0.0696. The van der Waals surface area contributed by atoms with Gasteiger partial charge in [-0.15, -0.1) is 5.10 Å². The molecule has 5 heteroatoms. The van der Waals surface area contributed by atoms with E-state index in [4.69, 9.17) is 0 Å². The summed E-state index contributed by atoms with van der Waals surface area (Å²) >= 11 is 0. The third kappa shape index (κ3) is 3.12. The van der Waals surface area contributed by atoms with E-state index in [-0.39, 0.29) is 5.56 Å². The van der Waals surface area contributed by atoms with Gasteiger partial charge in [-0.3, -0.25) is 0 Å². The van der Waals surface area contributed by atoms with E-state index in [2.05, 4.69) is 15.5 Å². The molecule has 0 aliphatic carbocycles. The highest BCUT2D eigenvalue weighted by Crippen LogP contribution is 2.18. The van der Waals surface area contributed by atoms with E-state index in [1.807, 2.05) is 30.3 Å². The monoisotopic (exact) mass is 271 g/mol. The lowest BCUT2D eigenvalue weighted by Crippen LogP contribution is -2.14. The van der Waals surface area contributed by atoms with Crippen molar-refractivity contribution in [3.8, 4) is 0 Å². The molecule has 2 N–H and O–H groups in total. The predicted molar refractivity (Wildman–Crippen MR) is 77.1 cm³/mol. The normalized spacial score (nSPS) is 10.3. The van der Waals surface area contributed by atoms with Crippen LogP contribution in [0.15, 0.2) is 30.3 Å². The van der Waals surface area contributed by atoms with Crippen molar-refractivity contribution < 1.29 is 9.90 Å². The highest BCUT2D eigenvalue weighted by molar-refractivity contribution is 5.94. The maximum Gasteiger partial charge on any atom is 0.339 e. The fourth-order valence-electron chi connectivity index (χ4n) is 1.96. The van der Waals surface area contributed by atoms with Crippen LogP contribution >= 0.6 is 0 Å². The lowest BCUT2D eigenvalue weighted by Gasteiger charge is -2.11. The summed E-state index contributed by atoms with van der Waals surface area (Å²) in [5, 5.41) is 20.3. The van der Waals surface area contributed by atoms with Crippen molar-refractivity contribution >= 4 is 11.8 Å². The van der Waals surface area contributed by atoms with Crippen LogP contribution in [0.2, 0.25) is 0 Å². The zero-order valence-corrected chi connectivity index (χ0v) is 11.6. The first kappa shape index (κ1) is 14.0. The third-order valence-electron chi connectivity index (χ3n) is 3.22. The van der Waals surface area contributed by atoms with Gasteiger partial charge in [0.1, 0.15) is 5.56 Å². The third-order valence-corrected chi connectivity index (χ3v) is 3.22. The summed E-state index contributed by atoms with van der Waals surface area (Å²) in [7, 11) is 0. The molecule has 5 nitrogen and oxygen atoms in total. The van der Waals surface area contributed by atoms with Gasteiger partial charge in [0.25, 0.3) is 0 Å². The SMILES string of the molecule is Cc1nnc(NCCc2ccccc2)c(C(=O)O)c1C. The van der Waals surface area contributed by atoms with Gasteiger partial charge in [0.15, 0.2) is 5.82 Å². The summed E-state index contributed by atoms with van der Waals surface area (Å²) in [5.41, 5.74) is 2.67. The van der Waals surface area contributed by atoms with E-state index in [1.165, 1.54) is 5.56 Å². The molecule has 1 heterocycles. The molecule has 0 amide bonds. The number of aromatic carboxylic acids is 1. The molecule has 0 unspecified atom stereocenters. The fraction of sp³-hybridized carbons (Fsp3) is 0.267. The van der Waals surface area contributed by atoms with Crippen molar-refractivity contribution in [2.75, 3.05) is 11.9 Å². The number of anilines is 1. The Morgan fingerprint density at radius 3 is 2.55 bits per heavy atom. The molecule has 0 aliphatic rings. The van der Waals surface area contributed by atoms with E-state index in [0.717, 1.165) is 6.42 Å². The summed E-state index contributed by atoms with van der Waals surface area (Å²) in [6.45, 7) is 4.11. The number of benzene rings is 1. The summed E-state index contributed by atoms with van der Waals surface area (Å²) in [5.74, 6) is -0.653. The van der Waals surface area contributed by atoms with Gasteiger partial charge >= 0.3 is 5.97 Å². The molecule has 0 spiro atoms. The van der Waals surface area contributed by atoms with Crippen molar-refractivity contribution in [3.05, 3.63) is 52.7 Å². The van der Waals surface area contributed by atoms with Crippen LogP contribution in [0, 0.1) is 13.8 Å². The second-order valence-corrected chi connectivity index (χ2v) is 4.60. The first-order chi connectivity index (χ1) is 9.59. The molecule has 104 valence electrons. The minimum Gasteiger partial charge on any atom is -0.478 e. The summed E-state index contributed by atoms with van der Waals surface area (Å²) in [6.07, 6.45) is 0.800. The number of rotatable bonds is 5. The minimum absolute atomic E-state index is 0.200. The highest BCUT2D eigenvalue weighted by atomic mass is 16.4. The predicted octanol–water partition coefficient (Wildman–Crippen LogP) is 2.45. The molecule has 0 saturated carbocycles. The van der Waals surface area contributed by atoms with Crippen LogP contribution in [0.3, 0.4) is 0 Å². The van der Waals surface area contributed by atoms with Crippen LogP contribution in [-0.4, -0.2) is 27.8 Å². The minimum atomic E-state index is -0.984. The van der Waals surface area contributed by atoms with E-state index < -0.39 is 5.97 Å². The second-order valence-electron chi connectivity index (χ2n) is 4.60. The number of carboxylic acid groups (broad SMARTS) is 1. The number of hydrogen-bond donors (Lipinski definition) is 2. The molecule has 1 aromatic heterocycles. The van der Waals surface area contributed by atoms with Crippen molar-refractivity contribution in [1.29, 1.82) is 0 Å². The zero-order chi connectivity index (χ0) is 14.5. The van der Waals surface area contributed by atoms with Crippen LogP contribution in [0.5, 0.6) is 0 Å². The average Bonchev–Trinajstić information content (AvgIpc) is 2.43. The van der Waals surface area contributed by atoms with Crippen LogP contribution in [0.1, 0.15) is 27.2 Å². The molecule has 0 saturated heterocycles. The molecule has 0 aliphatic heterocycles. The van der Waals surface area contributed by atoms with Gasteiger partial charge in [0, 0.05) is 6.54 Å². The maximum atomic E-state index is 11.3. The van der Waals surface area contributed by atoms with Gasteiger partial charge in [-0.25, -0.2) is 4.79 Å². The van der Waals surface area contributed by atoms with E-state index >= 15 is 0 Å². The quantitative estimate of drug-likeness (QED) is 0.873. The van der Waals surface area contributed by atoms with Gasteiger partial charge < -0.3 is 10.4 Å². The van der Waals surface area contributed by atoms with Gasteiger partial charge in [-0.05, 0) is 31.4 Å². The highest BCUT2D eigenvalue weighted by Gasteiger charge is 2.17. The number of aromatic nitrogens is 2.